The molecule has 0 N–H and O–H groups in total. The van der Waals surface area contributed by atoms with Crippen molar-refractivity contribution in [1.82, 2.24) is 0 Å². The lowest BCUT2D eigenvalue weighted by Gasteiger charge is -2.30. The minimum atomic E-state index is -0.733. The molecule has 0 bridgehead atoms. The molecule has 1 aromatic carbocycles. The molecule has 0 amide bonds. The molecule has 8 heteroatoms. The number of carbonyl (C=O) groups excluding carboxylic acids is 3. The summed E-state index contributed by atoms with van der Waals surface area (Å²) in [5, 5.41) is 0. The van der Waals surface area contributed by atoms with E-state index < -0.39 is 11.9 Å². The highest BCUT2D eigenvalue weighted by Gasteiger charge is 2.42. The SMILES string of the molecule is COC(=O)c1c(OC)c(C(=O)OC)c(OC)c([C@H](CC(C)C)[C@H]2CCCC2=O)c1OC. The summed E-state index contributed by atoms with van der Waals surface area (Å²) >= 11 is 0. The number of benzene rings is 1. The number of esters is 2. The van der Waals surface area contributed by atoms with Crippen molar-refractivity contribution in [3.63, 3.8) is 0 Å². The zero-order valence-electron chi connectivity index (χ0n) is 19.3. The van der Waals surface area contributed by atoms with Gasteiger partial charge >= 0.3 is 11.9 Å². The van der Waals surface area contributed by atoms with Crippen LogP contribution in [0.4, 0.5) is 0 Å². The molecule has 31 heavy (non-hydrogen) atoms. The van der Waals surface area contributed by atoms with Crippen LogP contribution in [-0.2, 0) is 14.3 Å². The second kappa shape index (κ2) is 10.5. The minimum Gasteiger partial charge on any atom is -0.495 e. The van der Waals surface area contributed by atoms with Gasteiger partial charge < -0.3 is 23.7 Å². The van der Waals surface area contributed by atoms with Crippen molar-refractivity contribution in [2.75, 3.05) is 35.5 Å². The number of ether oxygens (including phenoxy) is 5. The Kier molecular flexibility index (Phi) is 8.30. The molecule has 1 aliphatic rings. The zero-order valence-corrected chi connectivity index (χ0v) is 19.3. The molecule has 2 atom stereocenters. The maximum atomic E-state index is 12.8. The summed E-state index contributed by atoms with van der Waals surface area (Å²) in [6, 6.07) is 0. The molecule has 0 aliphatic heterocycles. The first-order chi connectivity index (χ1) is 14.8. The normalized spacial score (nSPS) is 16.8. The van der Waals surface area contributed by atoms with Crippen LogP contribution in [0.1, 0.15) is 71.7 Å². The lowest BCUT2D eigenvalue weighted by molar-refractivity contribution is -0.121. The molecule has 0 saturated heterocycles. The van der Waals surface area contributed by atoms with Gasteiger partial charge in [-0.15, -0.1) is 0 Å². The number of ketones is 1. The van der Waals surface area contributed by atoms with Crippen molar-refractivity contribution < 1.29 is 38.1 Å². The van der Waals surface area contributed by atoms with Gasteiger partial charge in [-0.2, -0.15) is 0 Å². The molecule has 2 rings (SSSR count). The number of hydrogen-bond acceptors (Lipinski definition) is 8. The zero-order chi connectivity index (χ0) is 23.3. The highest BCUT2D eigenvalue weighted by Crippen LogP contribution is 2.52. The predicted octanol–water partition coefficient (Wildman–Crippen LogP) is 3.78. The Bertz CT molecular complexity index is 797. The minimum absolute atomic E-state index is 0.0390. The van der Waals surface area contributed by atoms with Crippen molar-refractivity contribution in [2.24, 2.45) is 11.8 Å². The number of carbonyl (C=O) groups is 3. The number of rotatable bonds is 9. The van der Waals surface area contributed by atoms with E-state index >= 15 is 0 Å². The quantitative estimate of drug-likeness (QED) is 0.540. The van der Waals surface area contributed by atoms with Crippen molar-refractivity contribution >= 4 is 17.7 Å². The fourth-order valence-corrected chi connectivity index (χ4v) is 4.50. The lowest BCUT2D eigenvalue weighted by atomic mass is 9.77. The molecule has 1 fully saturated rings. The second-order valence-corrected chi connectivity index (χ2v) is 7.95. The molecule has 0 radical (unpaired) electrons. The van der Waals surface area contributed by atoms with Gasteiger partial charge in [-0.1, -0.05) is 13.8 Å². The first kappa shape index (κ1) is 24.5. The number of Topliss-reactive ketones (excluding diaryl/α,β-unsaturated/α-hetero) is 1. The fraction of sp³-hybridized carbons (Fsp3) is 0.609. The van der Waals surface area contributed by atoms with E-state index in [9.17, 15) is 14.4 Å². The Morgan fingerprint density at radius 3 is 1.68 bits per heavy atom. The standard InChI is InChI=1S/C23H32O8/c1-12(2)11-14(13-9-8-10-15(13)24)16-19(27-3)17(22(25)30-6)21(29-5)18(20(16)28-4)23(26)31-7/h12-14H,8-11H2,1-7H3/t13-,14-/m1/s1. The monoisotopic (exact) mass is 436 g/mol. The van der Waals surface area contributed by atoms with Crippen molar-refractivity contribution in [2.45, 2.75) is 45.4 Å². The van der Waals surface area contributed by atoms with E-state index in [1.807, 2.05) is 0 Å². The van der Waals surface area contributed by atoms with Crippen LogP contribution in [0.15, 0.2) is 0 Å². The van der Waals surface area contributed by atoms with Gasteiger partial charge in [-0.25, -0.2) is 9.59 Å². The van der Waals surface area contributed by atoms with E-state index in [0.717, 1.165) is 12.8 Å². The molecule has 0 unspecified atom stereocenters. The third-order valence-corrected chi connectivity index (χ3v) is 5.72. The van der Waals surface area contributed by atoms with E-state index in [1.165, 1.54) is 35.5 Å². The van der Waals surface area contributed by atoms with Crippen LogP contribution in [0, 0.1) is 11.8 Å². The molecule has 1 saturated carbocycles. The Labute approximate surface area is 183 Å². The molecule has 1 aliphatic carbocycles. The first-order valence-corrected chi connectivity index (χ1v) is 10.3. The van der Waals surface area contributed by atoms with Crippen LogP contribution in [0.5, 0.6) is 17.2 Å². The fourth-order valence-electron chi connectivity index (χ4n) is 4.50. The first-order valence-electron chi connectivity index (χ1n) is 10.3. The molecule has 172 valence electrons. The van der Waals surface area contributed by atoms with Crippen LogP contribution >= 0.6 is 0 Å². The van der Waals surface area contributed by atoms with E-state index in [2.05, 4.69) is 13.8 Å². The molecular weight excluding hydrogens is 404 g/mol. The van der Waals surface area contributed by atoms with E-state index in [1.54, 1.807) is 0 Å². The topological polar surface area (TPSA) is 97.4 Å². The van der Waals surface area contributed by atoms with Gasteiger partial charge in [-0.3, -0.25) is 4.79 Å². The van der Waals surface area contributed by atoms with Gasteiger partial charge in [0.25, 0.3) is 0 Å². The van der Waals surface area contributed by atoms with E-state index in [-0.39, 0.29) is 51.9 Å². The molecule has 0 aromatic heterocycles. The molecule has 0 heterocycles. The van der Waals surface area contributed by atoms with Gasteiger partial charge in [0.2, 0.25) is 0 Å². The van der Waals surface area contributed by atoms with Crippen molar-refractivity contribution in [3.8, 4) is 17.2 Å². The average Bonchev–Trinajstić information content (AvgIpc) is 3.19. The van der Waals surface area contributed by atoms with E-state index in [4.69, 9.17) is 23.7 Å². The molecule has 0 spiro atoms. The summed E-state index contributed by atoms with van der Waals surface area (Å²) in [7, 11) is 6.64. The number of methoxy groups -OCH3 is 5. The number of hydrogen-bond donors (Lipinski definition) is 0. The third-order valence-electron chi connectivity index (χ3n) is 5.72. The van der Waals surface area contributed by atoms with Crippen LogP contribution < -0.4 is 14.2 Å². The Morgan fingerprint density at radius 2 is 1.35 bits per heavy atom. The van der Waals surface area contributed by atoms with Gasteiger partial charge in [0.1, 0.15) is 28.4 Å². The smallest absolute Gasteiger partial charge is 0.345 e. The van der Waals surface area contributed by atoms with Gasteiger partial charge in [0.05, 0.1) is 35.5 Å². The largest absolute Gasteiger partial charge is 0.495 e. The Balaban J connectivity index is 3.01. The lowest BCUT2D eigenvalue weighted by Crippen LogP contribution is -2.23. The third kappa shape index (κ3) is 4.62. The summed E-state index contributed by atoms with van der Waals surface area (Å²) in [6.45, 7) is 4.11. The summed E-state index contributed by atoms with van der Waals surface area (Å²) in [5.74, 6) is -1.36. The maximum Gasteiger partial charge on any atom is 0.345 e. The summed E-state index contributed by atoms with van der Waals surface area (Å²) < 4.78 is 26.7. The van der Waals surface area contributed by atoms with Crippen LogP contribution in [0.2, 0.25) is 0 Å². The highest BCUT2D eigenvalue weighted by atomic mass is 16.5. The molecule has 8 nitrogen and oxygen atoms in total. The predicted molar refractivity (Wildman–Crippen MR) is 113 cm³/mol. The van der Waals surface area contributed by atoms with Crippen molar-refractivity contribution in [3.05, 3.63) is 16.7 Å². The Hall–Kier alpha value is -2.77. The van der Waals surface area contributed by atoms with E-state index in [0.29, 0.717) is 18.4 Å². The second-order valence-electron chi connectivity index (χ2n) is 7.95. The average molecular weight is 437 g/mol. The highest BCUT2D eigenvalue weighted by molar-refractivity contribution is 6.05. The van der Waals surface area contributed by atoms with Crippen LogP contribution in [0.3, 0.4) is 0 Å². The van der Waals surface area contributed by atoms with Gasteiger partial charge in [0.15, 0.2) is 5.75 Å². The maximum absolute atomic E-state index is 12.8. The molecular formula is C23H32O8. The Morgan fingerprint density at radius 1 is 0.871 bits per heavy atom. The van der Waals surface area contributed by atoms with Crippen molar-refractivity contribution in [1.29, 1.82) is 0 Å². The van der Waals surface area contributed by atoms with Gasteiger partial charge in [0, 0.05) is 23.8 Å². The van der Waals surface area contributed by atoms with Gasteiger partial charge in [-0.05, 0) is 25.2 Å². The summed E-state index contributed by atoms with van der Waals surface area (Å²) in [4.78, 5) is 38.3. The molecule has 1 aromatic rings. The summed E-state index contributed by atoms with van der Waals surface area (Å²) in [5.41, 5.74) is 0.409. The summed E-state index contributed by atoms with van der Waals surface area (Å²) in [6.07, 6.45) is 2.66. The van der Waals surface area contributed by atoms with Crippen LogP contribution in [-0.4, -0.2) is 53.3 Å². The van der Waals surface area contributed by atoms with Crippen LogP contribution in [0.25, 0.3) is 0 Å².